The Morgan fingerprint density at radius 1 is 1.28 bits per heavy atom. The maximum Gasteiger partial charge on any atom is 0.411 e. The molecule has 100 valence electrons. The number of rotatable bonds is 5. The lowest BCUT2D eigenvalue weighted by molar-refractivity contribution is -0.175. The lowest BCUT2D eigenvalue weighted by atomic mass is 10.1. The molecule has 1 aromatic rings. The van der Waals surface area contributed by atoms with E-state index in [1.165, 1.54) is 5.56 Å². The van der Waals surface area contributed by atoms with Gasteiger partial charge in [0.15, 0.2) is 0 Å². The number of benzene rings is 1. The second-order valence-corrected chi connectivity index (χ2v) is 4.71. The number of ether oxygens (including phenoxy) is 1. The van der Waals surface area contributed by atoms with Crippen LogP contribution in [-0.4, -0.2) is 25.4 Å². The molecule has 18 heavy (non-hydrogen) atoms. The van der Waals surface area contributed by atoms with Crippen LogP contribution in [0, 0.1) is 5.92 Å². The number of halogens is 3. The lowest BCUT2D eigenvalue weighted by Crippen LogP contribution is -2.31. The average molecular weight is 259 g/mol. The molecule has 1 saturated carbocycles. The highest BCUT2D eigenvalue weighted by atomic mass is 19.4. The molecule has 2 nitrogen and oxygen atoms in total. The molecular weight excluding hydrogens is 243 g/mol. The van der Waals surface area contributed by atoms with Crippen molar-refractivity contribution in [3.05, 3.63) is 35.9 Å². The SMILES string of the molecule is NC(COCC(F)(F)F)C1CC1c1ccccc1. The third-order valence-corrected chi connectivity index (χ3v) is 3.19. The van der Waals surface area contributed by atoms with Crippen molar-refractivity contribution in [1.82, 2.24) is 0 Å². The van der Waals surface area contributed by atoms with E-state index in [4.69, 9.17) is 5.73 Å². The second kappa shape index (κ2) is 5.28. The van der Waals surface area contributed by atoms with E-state index >= 15 is 0 Å². The van der Waals surface area contributed by atoms with Gasteiger partial charge < -0.3 is 10.5 Å². The first-order valence-corrected chi connectivity index (χ1v) is 5.92. The summed E-state index contributed by atoms with van der Waals surface area (Å²) in [7, 11) is 0. The predicted molar refractivity (Wildman–Crippen MR) is 62.1 cm³/mol. The zero-order chi connectivity index (χ0) is 13.2. The Morgan fingerprint density at radius 2 is 1.94 bits per heavy atom. The summed E-state index contributed by atoms with van der Waals surface area (Å²) in [6.07, 6.45) is -3.34. The van der Waals surface area contributed by atoms with Gasteiger partial charge >= 0.3 is 6.18 Å². The molecule has 0 heterocycles. The molecule has 1 aliphatic carbocycles. The molecule has 3 unspecified atom stereocenters. The van der Waals surface area contributed by atoms with Gasteiger partial charge in [0, 0.05) is 6.04 Å². The molecule has 0 saturated heterocycles. The van der Waals surface area contributed by atoms with Crippen molar-refractivity contribution < 1.29 is 17.9 Å². The quantitative estimate of drug-likeness (QED) is 0.882. The Bertz CT molecular complexity index is 380. The first kappa shape index (κ1) is 13.4. The van der Waals surface area contributed by atoms with Gasteiger partial charge in [-0.3, -0.25) is 0 Å². The normalized spacial score (nSPS) is 24.9. The minimum atomic E-state index is -4.28. The molecule has 2 rings (SSSR count). The Labute approximate surface area is 104 Å². The molecule has 0 aliphatic heterocycles. The molecule has 1 aromatic carbocycles. The third kappa shape index (κ3) is 3.71. The largest absolute Gasteiger partial charge is 0.411 e. The minimum absolute atomic E-state index is 0.0342. The Kier molecular flexibility index (Phi) is 3.92. The number of alkyl halides is 3. The van der Waals surface area contributed by atoms with E-state index in [0.29, 0.717) is 5.92 Å². The smallest absolute Gasteiger partial charge is 0.370 e. The van der Waals surface area contributed by atoms with Crippen LogP contribution in [0.5, 0.6) is 0 Å². The maximum atomic E-state index is 11.9. The first-order valence-electron chi connectivity index (χ1n) is 5.92. The van der Waals surface area contributed by atoms with Crippen molar-refractivity contribution in [1.29, 1.82) is 0 Å². The molecule has 0 aromatic heterocycles. The van der Waals surface area contributed by atoms with Crippen LogP contribution in [0.2, 0.25) is 0 Å². The minimum Gasteiger partial charge on any atom is -0.370 e. The molecular formula is C13H16F3NO. The summed E-state index contributed by atoms with van der Waals surface area (Å²) in [4.78, 5) is 0. The van der Waals surface area contributed by atoms with E-state index in [2.05, 4.69) is 4.74 Å². The van der Waals surface area contributed by atoms with Gasteiger partial charge in [-0.2, -0.15) is 13.2 Å². The van der Waals surface area contributed by atoms with E-state index in [9.17, 15) is 13.2 Å². The summed E-state index contributed by atoms with van der Waals surface area (Å²) in [6.45, 7) is -1.25. The van der Waals surface area contributed by atoms with Crippen LogP contribution in [0.3, 0.4) is 0 Å². The highest BCUT2D eigenvalue weighted by Crippen LogP contribution is 2.48. The fourth-order valence-corrected chi connectivity index (χ4v) is 2.21. The molecule has 3 atom stereocenters. The molecule has 2 N–H and O–H groups in total. The van der Waals surface area contributed by atoms with Gasteiger partial charge in [0.25, 0.3) is 0 Å². The molecule has 0 bridgehead atoms. The number of nitrogens with two attached hydrogens (primary N) is 1. The van der Waals surface area contributed by atoms with Crippen molar-refractivity contribution in [2.24, 2.45) is 11.7 Å². The van der Waals surface area contributed by atoms with Gasteiger partial charge in [-0.1, -0.05) is 30.3 Å². The van der Waals surface area contributed by atoms with Gasteiger partial charge in [0.1, 0.15) is 6.61 Å². The summed E-state index contributed by atoms with van der Waals surface area (Å²) in [6, 6.07) is 9.57. The van der Waals surface area contributed by atoms with E-state index < -0.39 is 12.8 Å². The standard InChI is InChI=1S/C13H16F3NO/c14-13(15,16)8-18-7-12(17)11-6-10(11)9-4-2-1-3-5-9/h1-5,10-12H,6-8,17H2. The van der Waals surface area contributed by atoms with E-state index in [0.717, 1.165) is 6.42 Å². The van der Waals surface area contributed by atoms with Gasteiger partial charge in [-0.15, -0.1) is 0 Å². The molecule has 0 spiro atoms. The van der Waals surface area contributed by atoms with Crippen molar-refractivity contribution >= 4 is 0 Å². The predicted octanol–water partition coefficient (Wildman–Crippen LogP) is 2.70. The summed E-state index contributed by atoms with van der Waals surface area (Å²) in [5.41, 5.74) is 7.05. The van der Waals surface area contributed by atoms with Crippen LogP contribution in [-0.2, 0) is 4.74 Å². The van der Waals surface area contributed by atoms with Gasteiger partial charge in [0.2, 0.25) is 0 Å². The molecule has 1 aliphatic rings. The topological polar surface area (TPSA) is 35.2 Å². The van der Waals surface area contributed by atoms with Gasteiger partial charge in [-0.05, 0) is 23.8 Å². The van der Waals surface area contributed by atoms with Crippen LogP contribution in [0.4, 0.5) is 13.2 Å². The average Bonchev–Trinajstić information content (AvgIpc) is 3.08. The molecule has 0 amide bonds. The van der Waals surface area contributed by atoms with Crippen molar-refractivity contribution in [3.63, 3.8) is 0 Å². The molecule has 5 heteroatoms. The zero-order valence-corrected chi connectivity index (χ0v) is 9.86. The highest BCUT2D eigenvalue weighted by Gasteiger charge is 2.42. The zero-order valence-electron chi connectivity index (χ0n) is 9.86. The lowest BCUT2D eigenvalue weighted by Gasteiger charge is -2.13. The van der Waals surface area contributed by atoms with Gasteiger partial charge in [-0.25, -0.2) is 0 Å². The Morgan fingerprint density at radius 3 is 2.56 bits per heavy atom. The summed E-state index contributed by atoms with van der Waals surface area (Å²) >= 11 is 0. The monoisotopic (exact) mass is 259 g/mol. The van der Waals surface area contributed by atoms with Crippen molar-refractivity contribution in [3.8, 4) is 0 Å². The van der Waals surface area contributed by atoms with Crippen LogP contribution < -0.4 is 5.73 Å². The van der Waals surface area contributed by atoms with Crippen molar-refractivity contribution in [2.75, 3.05) is 13.2 Å². The molecule has 1 fully saturated rings. The Hall–Kier alpha value is -1.07. The van der Waals surface area contributed by atoms with E-state index in [1.54, 1.807) is 0 Å². The van der Waals surface area contributed by atoms with Crippen LogP contribution >= 0.6 is 0 Å². The first-order chi connectivity index (χ1) is 8.47. The van der Waals surface area contributed by atoms with Crippen LogP contribution in [0.15, 0.2) is 30.3 Å². The van der Waals surface area contributed by atoms with Crippen LogP contribution in [0.25, 0.3) is 0 Å². The maximum absolute atomic E-state index is 11.9. The summed E-state index contributed by atoms with van der Waals surface area (Å²) in [5, 5.41) is 0. The van der Waals surface area contributed by atoms with Gasteiger partial charge in [0.05, 0.1) is 6.61 Å². The highest BCUT2D eigenvalue weighted by molar-refractivity contribution is 5.26. The fourth-order valence-electron chi connectivity index (χ4n) is 2.21. The number of hydrogen-bond acceptors (Lipinski definition) is 2. The van der Waals surface area contributed by atoms with E-state index in [-0.39, 0.29) is 18.6 Å². The van der Waals surface area contributed by atoms with Crippen LogP contribution in [0.1, 0.15) is 17.9 Å². The molecule has 0 radical (unpaired) electrons. The summed E-state index contributed by atoms with van der Waals surface area (Å²) in [5.74, 6) is 0.608. The third-order valence-electron chi connectivity index (χ3n) is 3.19. The number of hydrogen-bond donors (Lipinski definition) is 1. The fraction of sp³-hybridized carbons (Fsp3) is 0.538. The Balaban J connectivity index is 1.74. The van der Waals surface area contributed by atoms with Crippen molar-refractivity contribution in [2.45, 2.75) is 24.6 Å². The van der Waals surface area contributed by atoms with E-state index in [1.807, 2.05) is 30.3 Å². The second-order valence-electron chi connectivity index (χ2n) is 4.71. The summed E-state index contributed by atoms with van der Waals surface area (Å²) < 4.78 is 40.3.